The molecule has 0 aliphatic heterocycles. The number of benzene rings is 1. The molecular weight excluding hydrogens is 286 g/mol. The van der Waals surface area contributed by atoms with Gasteiger partial charge in [-0.15, -0.1) is 0 Å². The Morgan fingerprint density at radius 1 is 1.36 bits per heavy atom. The quantitative estimate of drug-likeness (QED) is 0.791. The van der Waals surface area contributed by atoms with Gasteiger partial charge in [-0.2, -0.15) is 0 Å². The topological polar surface area (TPSA) is 84.9 Å². The van der Waals surface area contributed by atoms with E-state index in [9.17, 15) is 9.59 Å². The fraction of sp³-hybridized carbons (Fsp3) is 0.500. The van der Waals surface area contributed by atoms with Crippen LogP contribution in [0.4, 0.5) is 0 Å². The smallest absolute Gasteiger partial charge is 0.335 e. The van der Waals surface area contributed by atoms with Gasteiger partial charge in [0.25, 0.3) is 0 Å². The zero-order valence-electron chi connectivity index (χ0n) is 12.7. The number of carboxylic acid groups (broad SMARTS) is 1. The predicted molar refractivity (Wildman–Crippen MR) is 79.9 cm³/mol. The lowest BCUT2D eigenvalue weighted by molar-refractivity contribution is -0.142. The van der Waals surface area contributed by atoms with Crippen molar-refractivity contribution in [2.75, 3.05) is 13.7 Å². The van der Waals surface area contributed by atoms with E-state index in [-0.39, 0.29) is 36.1 Å². The number of rotatable bonds is 7. The summed E-state index contributed by atoms with van der Waals surface area (Å²) in [6, 6.07) is 6.43. The third kappa shape index (κ3) is 3.64. The molecule has 1 aliphatic carbocycles. The van der Waals surface area contributed by atoms with Crippen molar-refractivity contribution in [1.82, 2.24) is 5.32 Å². The van der Waals surface area contributed by atoms with Gasteiger partial charge in [-0.1, -0.05) is 18.2 Å². The minimum absolute atomic E-state index is 0.00612. The van der Waals surface area contributed by atoms with Crippen molar-refractivity contribution >= 4 is 11.9 Å². The van der Waals surface area contributed by atoms with E-state index in [1.54, 1.807) is 25.3 Å². The Balaban J connectivity index is 1.93. The summed E-state index contributed by atoms with van der Waals surface area (Å²) in [6.45, 7) is 2.53. The van der Waals surface area contributed by atoms with Crippen LogP contribution in [0.25, 0.3) is 0 Å². The van der Waals surface area contributed by atoms with Gasteiger partial charge in [-0.3, -0.25) is 4.79 Å². The van der Waals surface area contributed by atoms with E-state index in [0.717, 1.165) is 0 Å². The Hall–Kier alpha value is -1.92. The zero-order valence-corrected chi connectivity index (χ0v) is 12.7. The highest BCUT2D eigenvalue weighted by molar-refractivity contribution is 5.91. The van der Waals surface area contributed by atoms with Gasteiger partial charge < -0.3 is 19.9 Å². The molecule has 2 N–H and O–H groups in total. The number of methoxy groups -OCH3 is 1. The van der Waals surface area contributed by atoms with Crippen LogP contribution in [-0.2, 0) is 20.7 Å². The summed E-state index contributed by atoms with van der Waals surface area (Å²) >= 11 is 0. The Bertz CT molecular complexity index is 545. The Kier molecular flexibility index (Phi) is 5.51. The second-order valence-electron chi connectivity index (χ2n) is 5.24. The summed E-state index contributed by atoms with van der Waals surface area (Å²) in [5.41, 5.74) is 0.656. The molecule has 3 atom stereocenters. The Morgan fingerprint density at radius 3 is 2.73 bits per heavy atom. The average Bonchev–Trinajstić information content (AvgIpc) is 2.46. The molecule has 0 saturated heterocycles. The number of hydrogen-bond acceptors (Lipinski definition) is 4. The van der Waals surface area contributed by atoms with E-state index in [1.165, 1.54) is 6.07 Å². The van der Waals surface area contributed by atoms with Crippen molar-refractivity contribution in [3.8, 4) is 0 Å². The number of ether oxygens (including phenoxy) is 2. The summed E-state index contributed by atoms with van der Waals surface area (Å²) in [4.78, 5) is 23.3. The number of carbonyl (C=O) groups excluding carboxylic acids is 1. The van der Waals surface area contributed by atoms with Gasteiger partial charge in [0.15, 0.2) is 0 Å². The van der Waals surface area contributed by atoms with Crippen LogP contribution >= 0.6 is 0 Å². The van der Waals surface area contributed by atoms with E-state index in [2.05, 4.69) is 5.32 Å². The first-order chi connectivity index (χ1) is 10.6. The number of hydrogen-bond donors (Lipinski definition) is 2. The van der Waals surface area contributed by atoms with Crippen LogP contribution in [0.2, 0.25) is 0 Å². The lowest BCUT2D eigenvalue weighted by Crippen LogP contribution is -2.61. The van der Waals surface area contributed by atoms with Crippen LogP contribution < -0.4 is 5.32 Å². The maximum Gasteiger partial charge on any atom is 0.335 e. The van der Waals surface area contributed by atoms with E-state index in [4.69, 9.17) is 14.6 Å². The van der Waals surface area contributed by atoms with Crippen LogP contribution in [0.15, 0.2) is 24.3 Å². The molecule has 0 aromatic heterocycles. The van der Waals surface area contributed by atoms with E-state index < -0.39 is 5.97 Å². The lowest BCUT2D eigenvalue weighted by atomic mass is 9.85. The number of aromatic carboxylic acids is 1. The summed E-state index contributed by atoms with van der Waals surface area (Å²) in [6.07, 6.45) is 0.595. The molecule has 22 heavy (non-hydrogen) atoms. The van der Waals surface area contributed by atoms with Gasteiger partial charge in [0.2, 0.25) is 5.91 Å². The number of nitrogens with one attached hydrogen (secondary N) is 1. The average molecular weight is 307 g/mol. The maximum absolute atomic E-state index is 12.1. The second-order valence-corrected chi connectivity index (χ2v) is 5.24. The fourth-order valence-electron chi connectivity index (χ4n) is 2.73. The standard InChI is InChI=1S/C16H21NO5/c1-3-22-13-9-12(15(13)21-2)17-14(18)8-10-6-4-5-7-11(10)16(19)20/h4-7,12-13,15H,3,8-9H2,1-2H3,(H,17,18)(H,19,20). The highest BCUT2D eigenvalue weighted by Gasteiger charge is 2.42. The summed E-state index contributed by atoms with van der Waals surface area (Å²) < 4.78 is 10.9. The van der Waals surface area contributed by atoms with Gasteiger partial charge in [0, 0.05) is 13.7 Å². The van der Waals surface area contributed by atoms with Crippen molar-refractivity contribution in [3.63, 3.8) is 0 Å². The molecule has 120 valence electrons. The van der Waals surface area contributed by atoms with Crippen LogP contribution in [0.1, 0.15) is 29.3 Å². The molecule has 2 rings (SSSR count). The third-order valence-electron chi connectivity index (χ3n) is 3.85. The van der Waals surface area contributed by atoms with Gasteiger partial charge in [0.1, 0.15) is 6.10 Å². The molecule has 0 spiro atoms. The zero-order chi connectivity index (χ0) is 16.1. The Morgan fingerprint density at radius 2 is 2.09 bits per heavy atom. The van der Waals surface area contributed by atoms with Crippen LogP contribution in [-0.4, -0.2) is 48.9 Å². The molecule has 6 heteroatoms. The molecule has 0 heterocycles. The van der Waals surface area contributed by atoms with Crippen molar-refractivity contribution in [2.45, 2.75) is 38.0 Å². The van der Waals surface area contributed by atoms with E-state index >= 15 is 0 Å². The molecule has 1 fully saturated rings. The van der Waals surface area contributed by atoms with Crippen molar-refractivity contribution in [2.24, 2.45) is 0 Å². The van der Waals surface area contributed by atoms with Gasteiger partial charge >= 0.3 is 5.97 Å². The molecule has 1 amide bonds. The molecule has 0 radical (unpaired) electrons. The molecule has 3 unspecified atom stereocenters. The van der Waals surface area contributed by atoms with Crippen molar-refractivity contribution < 1.29 is 24.2 Å². The summed E-state index contributed by atoms with van der Waals surface area (Å²) in [5, 5.41) is 12.0. The van der Waals surface area contributed by atoms with Crippen LogP contribution in [0.5, 0.6) is 0 Å². The monoisotopic (exact) mass is 307 g/mol. The normalized spacial score (nSPS) is 23.6. The summed E-state index contributed by atoms with van der Waals surface area (Å²) in [7, 11) is 1.59. The van der Waals surface area contributed by atoms with Gasteiger partial charge in [-0.05, 0) is 25.0 Å². The van der Waals surface area contributed by atoms with Crippen molar-refractivity contribution in [3.05, 3.63) is 35.4 Å². The highest BCUT2D eigenvalue weighted by atomic mass is 16.5. The first kappa shape index (κ1) is 16.5. The van der Waals surface area contributed by atoms with E-state index in [0.29, 0.717) is 18.6 Å². The molecule has 1 aromatic carbocycles. The van der Waals surface area contributed by atoms with Crippen LogP contribution in [0.3, 0.4) is 0 Å². The molecule has 6 nitrogen and oxygen atoms in total. The lowest BCUT2D eigenvalue weighted by Gasteiger charge is -2.43. The molecule has 1 aromatic rings. The molecule has 0 bridgehead atoms. The first-order valence-corrected chi connectivity index (χ1v) is 7.31. The Labute approximate surface area is 129 Å². The molecular formula is C16H21NO5. The minimum atomic E-state index is -1.03. The molecule has 1 saturated carbocycles. The summed E-state index contributed by atoms with van der Waals surface area (Å²) in [5.74, 6) is -1.24. The number of carbonyl (C=O) groups is 2. The third-order valence-corrected chi connectivity index (χ3v) is 3.85. The number of carboxylic acids is 1. The van der Waals surface area contributed by atoms with Crippen LogP contribution in [0, 0.1) is 0 Å². The van der Waals surface area contributed by atoms with Gasteiger partial charge in [0.05, 0.1) is 24.1 Å². The first-order valence-electron chi connectivity index (χ1n) is 7.31. The largest absolute Gasteiger partial charge is 0.478 e. The SMILES string of the molecule is CCOC1CC(NC(=O)Cc2ccccc2C(=O)O)C1OC. The van der Waals surface area contributed by atoms with Gasteiger partial charge in [-0.25, -0.2) is 4.79 Å². The fourth-order valence-corrected chi connectivity index (χ4v) is 2.73. The number of amides is 1. The minimum Gasteiger partial charge on any atom is -0.478 e. The van der Waals surface area contributed by atoms with Crippen molar-refractivity contribution in [1.29, 1.82) is 0 Å². The highest BCUT2D eigenvalue weighted by Crippen LogP contribution is 2.27. The maximum atomic E-state index is 12.1. The second kappa shape index (κ2) is 7.38. The predicted octanol–water partition coefficient (Wildman–Crippen LogP) is 1.24. The van der Waals surface area contributed by atoms with E-state index in [1.807, 2.05) is 6.92 Å². The molecule has 1 aliphatic rings.